The van der Waals surface area contributed by atoms with Crippen LogP contribution in [0.25, 0.3) is 10.9 Å². The number of ether oxygens (including phenoxy) is 2. The molecule has 1 aromatic carbocycles. The second-order valence-electron chi connectivity index (χ2n) is 6.79. The summed E-state index contributed by atoms with van der Waals surface area (Å²) in [6.07, 6.45) is 5.07. The maximum atomic E-state index is 12.7. The van der Waals surface area contributed by atoms with E-state index in [1.807, 2.05) is 0 Å². The molecule has 0 spiro atoms. The van der Waals surface area contributed by atoms with Crippen LogP contribution in [0.15, 0.2) is 21.7 Å². The molecule has 1 heterocycles. The van der Waals surface area contributed by atoms with Crippen molar-refractivity contribution in [2.24, 2.45) is 0 Å². The van der Waals surface area contributed by atoms with Crippen molar-refractivity contribution in [2.45, 2.75) is 51.1 Å². The fourth-order valence-corrected chi connectivity index (χ4v) is 3.55. The van der Waals surface area contributed by atoms with Gasteiger partial charge in [0.05, 0.1) is 25.1 Å². The molecule has 0 radical (unpaired) electrons. The first kappa shape index (κ1) is 19.0. The maximum absolute atomic E-state index is 12.7. The van der Waals surface area contributed by atoms with Gasteiger partial charge in [0.15, 0.2) is 11.5 Å². The van der Waals surface area contributed by atoms with Crippen molar-refractivity contribution < 1.29 is 14.3 Å². The van der Waals surface area contributed by atoms with E-state index in [0.717, 1.165) is 30.3 Å². The van der Waals surface area contributed by atoms with E-state index in [1.165, 1.54) is 14.2 Å². The molecule has 1 saturated carbocycles. The van der Waals surface area contributed by atoms with Crippen molar-refractivity contribution in [3.63, 3.8) is 0 Å². The lowest BCUT2D eigenvalue weighted by molar-refractivity contribution is -0.121. The minimum atomic E-state index is -0.504. The van der Waals surface area contributed by atoms with Gasteiger partial charge in [-0.25, -0.2) is 4.79 Å². The fourth-order valence-electron chi connectivity index (χ4n) is 3.55. The number of rotatable bonds is 7. The molecule has 2 N–H and O–H groups in total. The third-order valence-electron chi connectivity index (χ3n) is 4.99. The van der Waals surface area contributed by atoms with Crippen molar-refractivity contribution in [3.05, 3.63) is 33.0 Å². The average Bonchev–Trinajstić information content (AvgIpc) is 3.16. The van der Waals surface area contributed by atoms with E-state index < -0.39 is 11.2 Å². The number of aromatic nitrogens is 2. The summed E-state index contributed by atoms with van der Waals surface area (Å²) in [5.41, 5.74) is -0.528. The lowest BCUT2D eigenvalue weighted by Crippen LogP contribution is -2.36. The Kier molecular flexibility index (Phi) is 5.83. The van der Waals surface area contributed by atoms with E-state index in [1.54, 1.807) is 12.1 Å². The summed E-state index contributed by atoms with van der Waals surface area (Å²) in [4.78, 5) is 39.7. The zero-order chi connectivity index (χ0) is 19.4. The molecule has 2 aromatic rings. The zero-order valence-electron chi connectivity index (χ0n) is 15.7. The van der Waals surface area contributed by atoms with Crippen molar-refractivity contribution in [1.29, 1.82) is 0 Å². The maximum Gasteiger partial charge on any atom is 0.328 e. The summed E-state index contributed by atoms with van der Waals surface area (Å²) in [6, 6.07) is 3.39. The van der Waals surface area contributed by atoms with Crippen LogP contribution < -0.4 is 26.0 Å². The summed E-state index contributed by atoms with van der Waals surface area (Å²) in [6.45, 7) is 0.177. The Morgan fingerprint density at radius 3 is 2.52 bits per heavy atom. The number of hydrogen-bond acceptors (Lipinski definition) is 5. The van der Waals surface area contributed by atoms with E-state index in [9.17, 15) is 14.4 Å². The van der Waals surface area contributed by atoms with Gasteiger partial charge < -0.3 is 19.8 Å². The Hall–Kier alpha value is -2.77. The van der Waals surface area contributed by atoms with Crippen LogP contribution in [0, 0.1) is 0 Å². The summed E-state index contributed by atoms with van der Waals surface area (Å²) >= 11 is 0. The van der Waals surface area contributed by atoms with E-state index in [-0.39, 0.29) is 24.9 Å². The number of nitrogens with one attached hydrogen (secondary N) is 2. The van der Waals surface area contributed by atoms with Gasteiger partial charge in [-0.05, 0) is 25.3 Å². The Labute approximate surface area is 156 Å². The molecule has 0 aliphatic heterocycles. The third kappa shape index (κ3) is 4.15. The van der Waals surface area contributed by atoms with Gasteiger partial charge in [0.1, 0.15) is 0 Å². The van der Waals surface area contributed by atoms with Crippen molar-refractivity contribution in [1.82, 2.24) is 14.9 Å². The molecule has 1 aliphatic rings. The quantitative estimate of drug-likeness (QED) is 0.764. The van der Waals surface area contributed by atoms with Crippen LogP contribution >= 0.6 is 0 Å². The van der Waals surface area contributed by atoms with Gasteiger partial charge in [-0.1, -0.05) is 12.8 Å². The van der Waals surface area contributed by atoms with Crippen molar-refractivity contribution >= 4 is 16.8 Å². The molecule has 1 amide bonds. The van der Waals surface area contributed by atoms with Gasteiger partial charge in [0.2, 0.25) is 5.91 Å². The number of H-pyrrole nitrogens is 1. The van der Waals surface area contributed by atoms with E-state index >= 15 is 0 Å². The Balaban J connectivity index is 1.75. The highest BCUT2D eigenvalue weighted by molar-refractivity contribution is 5.81. The number of hydrogen-bond donors (Lipinski definition) is 2. The monoisotopic (exact) mass is 375 g/mol. The molecule has 0 unspecified atom stereocenters. The van der Waals surface area contributed by atoms with E-state index in [0.29, 0.717) is 28.8 Å². The summed E-state index contributed by atoms with van der Waals surface area (Å²) < 4.78 is 11.5. The number of amides is 1. The van der Waals surface area contributed by atoms with Gasteiger partial charge in [-0.15, -0.1) is 0 Å². The molecule has 146 valence electrons. The second kappa shape index (κ2) is 8.28. The molecule has 27 heavy (non-hydrogen) atoms. The minimum Gasteiger partial charge on any atom is -0.493 e. The number of carbonyl (C=O) groups is 1. The predicted molar refractivity (Wildman–Crippen MR) is 102 cm³/mol. The van der Waals surface area contributed by atoms with Crippen LogP contribution in [0.4, 0.5) is 0 Å². The summed E-state index contributed by atoms with van der Waals surface area (Å²) in [7, 11) is 2.97. The van der Waals surface area contributed by atoms with Crippen LogP contribution in [0.1, 0.15) is 38.5 Å². The zero-order valence-corrected chi connectivity index (χ0v) is 15.7. The molecule has 8 nitrogen and oxygen atoms in total. The van der Waals surface area contributed by atoms with Crippen LogP contribution in [0.3, 0.4) is 0 Å². The van der Waals surface area contributed by atoms with Gasteiger partial charge in [-0.3, -0.25) is 14.2 Å². The fraction of sp³-hybridized carbons (Fsp3) is 0.526. The Morgan fingerprint density at radius 1 is 1.19 bits per heavy atom. The molecule has 0 atom stereocenters. The lowest BCUT2D eigenvalue weighted by atomic mass is 10.2. The number of benzene rings is 1. The first-order valence-corrected chi connectivity index (χ1v) is 9.21. The molecule has 0 saturated heterocycles. The minimum absolute atomic E-state index is 0.0291. The molecule has 1 aliphatic carbocycles. The molecule has 1 aromatic heterocycles. The highest BCUT2D eigenvalue weighted by Gasteiger charge is 2.17. The SMILES string of the molecule is COc1cc2[nH]c(=O)n(CCCC(=O)NC3CCCC3)c(=O)c2cc1OC. The summed E-state index contributed by atoms with van der Waals surface area (Å²) in [5, 5.41) is 3.34. The van der Waals surface area contributed by atoms with Crippen LogP contribution in [-0.4, -0.2) is 35.7 Å². The normalized spacial score (nSPS) is 14.4. The number of carbonyl (C=O) groups excluding carboxylic acids is 1. The Bertz CT molecular complexity index is 941. The topological polar surface area (TPSA) is 102 Å². The average molecular weight is 375 g/mol. The van der Waals surface area contributed by atoms with Crippen LogP contribution in [0.2, 0.25) is 0 Å². The van der Waals surface area contributed by atoms with Crippen LogP contribution in [0.5, 0.6) is 11.5 Å². The molecular weight excluding hydrogens is 350 g/mol. The van der Waals surface area contributed by atoms with E-state index in [2.05, 4.69) is 10.3 Å². The molecular formula is C19H25N3O5. The predicted octanol–water partition coefficient (Wildman–Crippen LogP) is 1.55. The van der Waals surface area contributed by atoms with Gasteiger partial charge in [-0.2, -0.15) is 0 Å². The third-order valence-corrected chi connectivity index (χ3v) is 4.99. The number of aromatic amines is 1. The highest BCUT2D eigenvalue weighted by Crippen LogP contribution is 2.29. The smallest absolute Gasteiger partial charge is 0.328 e. The molecule has 0 bridgehead atoms. The van der Waals surface area contributed by atoms with Gasteiger partial charge in [0, 0.05) is 25.1 Å². The number of fused-ring (bicyclic) bond motifs is 1. The molecule has 8 heteroatoms. The van der Waals surface area contributed by atoms with E-state index in [4.69, 9.17) is 9.47 Å². The van der Waals surface area contributed by atoms with Crippen molar-refractivity contribution in [2.75, 3.05) is 14.2 Å². The highest BCUT2D eigenvalue weighted by atomic mass is 16.5. The summed E-state index contributed by atoms with van der Waals surface area (Å²) in [5.74, 6) is 0.816. The number of nitrogens with zero attached hydrogens (tertiary/aromatic N) is 1. The largest absolute Gasteiger partial charge is 0.493 e. The standard InChI is InChI=1S/C19H25N3O5/c1-26-15-10-13-14(11-16(15)27-2)21-19(25)22(18(13)24)9-5-8-17(23)20-12-6-3-4-7-12/h10-12H,3-9H2,1-2H3,(H,20,23)(H,21,25). The first-order chi connectivity index (χ1) is 13.0. The lowest BCUT2D eigenvalue weighted by Gasteiger charge is -2.12. The van der Waals surface area contributed by atoms with Crippen molar-refractivity contribution in [3.8, 4) is 11.5 Å². The number of methoxy groups -OCH3 is 2. The molecule has 1 fully saturated rings. The second-order valence-corrected chi connectivity index (χ2v) is 6.79. The Morgan fingerprint density at radius 2 is 1.85 bits per heavy atom. The van der Waals surface area contributed by atoms with Gasteiger partial charge >= 0.3 is 5.69 Å². The van der Waals surface area contributed by atoms with Crippen LogP contribution in [-0.2, 0) is 11.3 Å². The van der Waals surface area contributed by atoms with Gasteiger partial charge in [0.25, 0.3) is 5.56 Å². The first-order valence-electron chi connectivity index (χ1n) is 9.21. The molecule has 3 rings (SSSR count).